The number of ether oxygens (including phenoxy) is 1. The molecule has 4 aromatic rings. The Kier molecular flexibility index (Phi) is 4.79. The summed E-state index contributed by atoms with van der Waals surface area (Å²) in [7, 11) is 0. The average Bonchev–Trinajstić information content (AvgIpc) is 3.17. The second kappa shape index (κ2) is 7.39. The molecule has 6 heteroatoms. The Bertz CT molecular complexity index is 1120. The molecule has 4 rings (SSSR count). The Morgan fingerprint density at radius 1 is 1.07 bits per heavy atom. The van der Waals surface area contributed by atoms with Crippen molar-refractivity contribution in [3.05, 3.63) is 82.3 Å². The Morgan fingerprint density at radius 2 is 1.85 bits per heavy atom. The molecule has 1 aromatic heterocycles. The number of hydrogen-bond acceptors (Lipinski definition) is 4. The number of carbonyl (C=O) groups is 1. The van der Waals surface area contributed by atoms with Crippen LogP contribution in [0.1, 0.15) is 16.1 Å². The number of aromatic carboxylic acids is 1. The van der Waals surface area contributed by atoms with Crippen LogP contribution in [-0.4, -0.2) is 16.1 Å². The van der Waals surface area contributed by atoms with Gasteiger partial charge in [-0.15, -0.1) is 11.3 Å². The van der Waals surface area contributed by atoms with Gasteiger partial charge in [-0.1, -0.05) is 54.1 Å². The van der Waals surface area contributed by atoms with Crippen LogP contribution in [0.15, 0.2) is 66.0 Å². The van der Waals surface area contributed by atoms with E-state index in [0.717, 1.165) is 21.9 Å². The van der Waals surface area contributed by atoms with E-state index >= 15 is 0 Å². The molecule has 0 aliphatic carbocycles. The second-order valence-electron chi connectivity index (χ2n) is 5.92. The van der Waals surface area contributed by atoms with Crippen LogP contribution in [0.5, 0.6) is 5.75 Å². The summed E-state index contributed by atoms with van der Waals surface area (Å²) >= 11 is 7.23. The van der Waals surface area contributed by atoms with Crippen molar-refractivity contribution in [3.8, 4) is 16.3 Å². The van der Waals surface area contributed by atoms with E-state index in [0.29, 0.717) is 22.4 Å². The third-order valence-corrected chi connectivity index (χ3v) is 5.25. The molecular weight excluding hydrogens is 382 g/mol. The molecule has 1 N–H and O–H groups in total. The molecule has 1 heterocycles. The van der Waals surface area contributed by atoms with E-state index in [-0.39, 0.29) is 5.69 Å². The smallest absolute Gasteiger partial charge is 0.355 e. The van der Waals surface area contributed by atoms with Crippen molar-refractivity contribution in [2.45, 2.75) is 6.61 Å². The lowest BCUT2D eigenvalue weighted by atomic mass is 10.0. The highest BCUT2D eigenvalue weighted by Crippen LogP contribution is 2.39. The van der Waals surface area contributed by atoms with Gasteiger partial charge in [0.2, 0.25) is 0 Å². The van der Waals surface area contributed by atoms with Crippen molar-refractivity contribution in [3.63, 3.8) is 0 Å². The fraction of sp³-hybridized carbons (Fsp3) is 0.0476. The van der Waals surface area contributed by atoms with Gasteiger partial charge in [0.05, 0.1) is 5.56 Å². The van der Waals surface area contributed by atoms with Gasteiger partial charge >= 0.3 is 5.97 Å². The maximum Gasteiger partial charge on any atom is 0.355 e. The Labute approximate surface area is 164 Å². The monoisotopic (exact) mass is 395 g/mol. The molecule has 0 radical (unpaired) electrons. The predicted molar refractivity (Wildman–Crippen MR) is 108 cm³/mol. The van der Waals surface area contributed by atoms with Crippen LogP contribution in [-0.2, 0) is 6.61 Å². The second-order valence-corrected chi connectivity index (χ2v) is 7.21. The average molecular weight is 396 g/mol. The molecule has 0 aliphatic rings. The minimum Gasteiger partial charge on any atom is -0.488 e. The van der Waals surface area contributed by atoms with Crippen LogP contribution in [0.4, 0.5) is 0 Å². The fourth-order valence-corrected chi connectivity index (χ4v) is 3.80. The molecule has 0 aliphatic heterocycles. The molecule has 4 nitrogen and oxygen atoms in total. The topological polar surface area (TPSA) is 59.4 Å². The first-order valence-corrected chi connectivity index (χ1v) is 9.46. The highest BCUT2D eigenvalue weighted by atomic mass is 35.5. The van der Waals surface area contributed by atoms with E-state index in [1.165, 1.54) is 11.3 Å². The summed E-state index contributed by atoms with van der Waals surface area (Å²) in [5, 5.41) is 14.1. The zero-order chi connectivity index (χ0) is 18.8. The molecule has 27 heavy (non-hydrogen) atoms. The number of rotatable bonds is 5. The van der Waals surface area contributed by atoms with Gasteiger partial charge < -0.3 is 9.84 Å². The SMILES string of the molecule is O=C(O)c1csc(-c2c(OCc3ccc(Cl)cc3)ccc3ccccc23)n1. The number of carboxylic acid groups (broad SMARTS) is 1. The lowest BCUT2D eigenvalue weighted by Gasteiger charge is -2.13. The molecule has 0 spiro atoms. The minimum atomic E-state index is -1.04. The number of fused-ring (bicyclic) bond motifs is 1. The lowest BCUT2D eigenvalue weighted by molar-refractivity contribution is 0.0691. The quantitative estimate of drug-likeness (QED) is 0.457. The van der Waals surface area contributed by atoms with Crippen LogP contribution in [0.25, 0.3) is 21.3 Å². The molecule has 134 valence electrons. The van der Waals surface area contributed by atoms with Gasteiger partial charge in [-0.25, -0.2) is 9.78 Å². The number of hydrogen-bond donors (Lipinski definition) is 1. The first kappa shape index (κ1) is 17.5. The van der Waals surface area contributed by atoms with Gasteiger partial charge in [-0.3, -0.25) is 0 Å². The van der Waals surface area contributed by atoms with Crippen LogP contribution < -0.4 is 4.74 Å². The van der Waals surface area contributed by atoms with Crippen LogP contribution in [0.3, 0.4) is 0 Å². The van der Waals surface area contributed by atoms with Crippen molar-refractivity contribution in [2.75, 3.05) is 0 Å². The van der Waals surface area contributed by atoms with E-state index in [9.17, 15) is 9.90 Å². The number of thiazole rings is 1. The zero-order valence-corrected chi connectivity index (χ0v) is 15.6. The molecule has 0 fully saturated rings. The molecular formula is C21H14ClNO3S. The molecule has 0 saturated heterocycles. The maximum atomic E-state index is 11.2. The third kappa shape index (κ3) is 3.65. The number of nitrogens with zero attached hydrogens (tertiary/aromatic N) is 1. The summed E-state index contributed by atoms with van der Waals surface area (Å²) in [6.45, 7) is 0.375. The number of carboxylic acids is 1. The first-order valence-electron chi connectivity index (χ1n) is 8.20. The molecule has 0 saturated carbocycles. The number of benzene rings is 3. The standard InChI is InChI=1S/C21H14ClNO3S/c22-15-8-5-13(6-9-15)11-26-18-10-7-14-3-1-2-4-16(14)19(18)20-23-17(12-27-20)21(24)25/h1-10,12H,11H2,(H,24,25). The van der Waals surface area contributed by atoms with E-state index < -0.39 is 5.97 Å². The fourth-order valence-electron chi connectivity index (χ4n) is 2.82. The van der Waals surface area contributed by atoms with Gasteiger partial charge in [0.15, 0.2) is 5.69 Å². The molecule has 0 unspecified atom stereocenters. The van der Waals surface area contributed by atoms with Crippen molar-refractivity contribution >= 4 is 39.7 Å². The van der Waals surface area contributed by atoms with Crippen molar-refractivity contribution < 1.29 is 14.6 Å². The van der Waals surface area contributed by atoms with Crippen molar-refractivity contribution in [1.82, 2.24) is 4.98 Å². The van der Waals surface area contributed by atoms with Gasteiger partial charge in [0.1, 0.15) is 17.4 Å². The van der Waals surface area contributed by atoms with Gasteiger partial charge in [0, 0.05) is 10.4 Å². The Balaban J connectivity index is 1.77. The Morgan fingerprint density at radius 3 is 2.59 bits per heavy atom. The van der Waals surface area contributed by atoms with Crippen LogP contribution >= 0.6 is 22.9 Å². The van der Waals surface area contributed by atoms with Gasteiger partial charge in [-0.05, 0) is 34.5 Å². The molecule has 0 atom stereocenters. The van der Waals surface area contributed by atoms with E-state index in [4.69, 9.17) is 16.3 Å². The normalized spacial score (nSPS) is 10.9. The summed E-state index contributed by atoms with van der Waals surface area (Å²) in [4.78, 5) is 15.5. The largest absolute Gasteiger partial charge is 0.488 e. The highest BCUT2D eigenvalue weighted by molar-refractivity contribution is 7.13. The summed E-state index contributed by atoms with van der Waals surface area (Å²) in [6.07, 6.45) is 0. The Hall–Kier alpha value is -2.89. The molecule has 0 bridgehead atoms. The van der Waals surface area contributed by atoms with E-state index in [2.05, 4.69) is 4.98 Å². The van der Waals surface area contributed by atoms with Crippen LogP contribution in [0.2, 0.25) is 5.02 Å². The summed E-state index contributed by atoms with van der Waals surface area (Å²) in [6, 6.07) is 19.3. The highest BCUT2D eigenvalue weighted by Gasteiger charge is 2.17. The minimum absolute atomic E-state index is 0.0339. The molecule has 3 aromatic carbocycles. The van der Waals surface area contributed by atoms with Gasteiger partial charge in [0.25, 0.3) is 0 Å². The summed E-state index contributed by atoms with van der Waals surface area (Å²) < 4.78 is 6.07. The zero-order valence-electron chi connectivity index (χ0n) is 14.1. The predicted octanol–water partition coefficient (Wildman–Crippen LogP) is 5.89. The van der Waals surface area contributed by atoms with Crippen molar-refractivity contribution in [2.24, 2.45) is 0 Å². The number of halogens is 1. The number of aromatic nitrogens is 1. The van der Waals surface area contributed by atoms with Gasteiger partial charge in [-0.2, -0.15) is 0 Å². The van der Waals surface area contributed by atoms with Crippen molar-refractivity contribution in [1.29, 1.82) is 0 Å². The first-order chi connectivity index (χ1) is 13.1. The third-order valence-electron chi connectivity index (χ3n) is 4.14. The maximum absolute atomic E-state index is 11.2. The summed E-state index contributed by atoms with van der Waals surface area (Å²) in [5.41, 5.74) is 1.83. The van der Waals surface area contributed by atoms with E-state index in [1.54, 1.807) is 5.38 Å². The summed E-state index contributed by atoms with van der Waals surface area (Å²) in [5.74, 6) is -0.378. The van der Waals surface area contributed by atoms with Crippen LogP contribution in [0, 0.1) is 0 Å². The molecule has 0 amide bonds. The lowest BCUT2D eigenvalue weighted by Crippen LogP contribution is -1.99. The van der Waals surface area contributed by atoms with E-state index in [1.807, 2.05) is 60.7 Å².